The number of hydrogen-bond donors (Lipinski definition) is 1. The summed E-state index contributed by atoms with van der Waals surface area (Å²) in [5.41, 5.74) is 1.83. The molecule has 0 aliphatic rings. The molecule has 0 heterocycles. The molecule has 0 spiro atoms. The predicted molar refractivity (Wildman–Crippen MR) is 82.5 cm³/mol. The molecule has 21 heavy (non-hydrogen) atoms. The molecule has 0 fully saturated rings. The normalized spacial score (nSPS) is 10.3. The van der Waals surface area contributed by atoms with Crippen molar-refractivity contribution in [3.05, 3.63) is 65.7 Å². The molecule has 1 N–H and O–H groups in total. The van der Waals surface area contributed by atoms with Crippen LogP contribution in [0.25, 0.3) is 6.08 Å². The molecule has 2 aromatic carbocycles. The molecule has 0 aliphatic heterocycles. The standard InChI is InChI=1S/C17H15NO3/c1-21-15-9-6-13(7-10-15)8-11-17(20)18-16-5-3-2-4-14(16)12-19/h2-12H,1H3,(H,18,20)/b11-8+. The van der Waals surface area contributed by atoms with Gasteiger partial charge in [0.1, 0.15) is 5.75 Å². The molecule has 0 saturated carbocycles. The number of amides is 1. The Balaban J connectivity index is 2.03. The van der Waals surface area contributed by atoms with Crippen LogP contribution in [0.15, 0.2) is 54.6 Å². The van der Waals surface area contributed by atoms with Gasteiger partial charge in [-0.05, 0) is 35.9 Å². The van der Waals surface area contributed by atoms with Gasteiger partial charge in [0.2, 0.25) is 5.91 Å². The van der Waals surface area contributed by atoms with Crippen LogP contribution in [0.4, 0.5) is 5.69 Å². The van der Waals surface area contributed by atoms with Gasteiger partial charge in [0.25, 0.3) is 0 Å². The minimum atomic E-state index is -0.292. The van der Waals surface area contributed by atoms with Crippen LogP contribution in [0.3, 0.4) is 0 Å². The summed E-state index contributed by atoms with van der Waals surface area (Å²) < 4.78 is 5.06. The van der Waals surface area contributed by atoms with Crippen molar-refractivity contribution in [2.75, 3.05) is 12.4 Å². The highest BCUT2D eigenvalue weighted by Crippen LogP contribution is 2.14. The monoisotopic (exact) mass is 281 g/mol. The summed E-state index contributed by atoms with van der Waals surface area (Å²) in [4.78, 5) is 22.7. The highest BCUT2D eigenvalue weighted by molar-refractivity contribution is 6.04. The van der Waals surface area contributed by atoms with E-state index in [-0.39, 0.29) is 5.91 Å². The zero-order valence-corrected chi connectivity index (χ0v) is 11.6. The number of carbonyl (C=O) groups excluding carboxylic acids is 2. The fourth-order valence-corrected chi connectivity index (χ4v) is 1.77. The van der Waals surface area contributed by atoms with Crippen molar-refractivity contribution in [3.8, 4) is 5.75 Å². The van der Waals surface area contributed by atoms with E-state index in [4.69, 9.17) is 4.74 Å². The molecule has 2 rings (SSSR count). The van der Waals surface area contributed by atoms with E-state index in [1.807, 2.05) is 24.3 Å². The minimum absolute atomic E-state index is 0.292. The van der Waals surface area contributed by atoms with Gasteiger partial charge >= 0.3 is 0 Å². The lowest BCUT2D eigenvalue weighted by atomic mass is 10.2. The minimum Gasteiger partial charge on any atom is -0.497 e. The van der Waals surface area contributed by atoms with Crippen molar-refractivity contribution in [3.63, 3.8) is 0 Å². The smallest absolute Gasteiger partial charge is 0.248 e. The fourth-order valence-electron chi connectivity index (χ4n) is 1.77. The highest BCUT2D eigenvalue weighted by atomic mass is 16.5. The number of nitrogens with one attached hydrogen (secondary N) is 1. The topological polar surface area (TPSA) is 55.4 Å². The summed E-state index contributed by atoms with van der Waals surface area (Å²) in [6.07, 6.45) is 3.82. The Morgan fingerprint density at radius 3 is 2.48 bits per heavy atom. The van der Waals surface area contributed by atoms with Crippen LogP contribution in [-0.2, 0) is 4.79 Å². The second-order valence-corrected chi connectivity index (χ2v) is 4.30. The second-order valence-electron chi connectivity index (χ2n) is 4.30. The van der Waals surface area contributed by atoms with Crippen LogP contribution < -0.4 is 10.1 Å². The number of ether oxygens (including phenoxy) is 1. The van der Waals surface area contributed by atoms with E-state index in [0.717, 1.165) is 11.3 Å². The lowest BCUT2D eigenvalue weighted by molar-refractivity contribution is -0.111. The Morgan fingerprint density at radius 1 is 1.10 bits per heavy atom. The Hall–Kier alpha value is -2.88. The van der Waals surface area contributed by atoms with Crippen molar-refractivity contribution in [1.29, 1.82) is 0 Å². The molecule has 4 heteroatoms. The summed E-state index contributed by atoms with van der Waals surface area (Å²) in [6.45, 7) is 0. The van der Waals surface area contributed by atoms with Gasteiger partial charge in [-0.3, -0.25) is 9.59 Å². The summed E-state index contributed by atoms with van der Waals surface area (Å²) in [6, 6.07) is 14.2. The highest BCUT2D eigenvalue weighted by Gasteiger charge is 2.02. The molecule has 0 radical (unpaired) electrons. The first kappa shape index (κ1) is 14.5. The van der Waals surface area contributed by atoms with Crippen LogP contribution in [0.1, 0.15) is 15.9 Å². The maximum Gasteiger partial charge on any atom is 0.248 e. The number of methoxy groups -OCH3 is 1. The van der Waals surface area contributed by atoms with Gasteiger partial charge in [-0.1, -0.05) is 24.3 Å². The lowest BCUT2D eigenvalue weighted by Crippen LogP contribution is -2.09. The molecule has 1 amide bonds. The zero-order valence-electron chi connectivity index (χ0n) is 11.6. The van der Waals surface area contributed by atoms with Gasteiger partial charge in [-0.15, -0.1) is 0 Å². The van der Waals surface area contributed by atoms with Crippen LogP contribution in [-0.4, -0.2) is 19.3 Å². The molecule has 0 saturated heterocycles. The van der Waals surface area contributed by atoms with Crippen molar-refractivity contribution in [2.45, 2.75) is 0 Å². The maximum atomic E-state index is 11.8. The quantitative estimate of drug-likeness (QED) is 0.676. The molecular formula is C17H15NO3. The number of aldehydes is 1. The van der Waals surface area contributed by atoms with E-state index < -0.39 is 0 Å². The number of anilines is 1. The molecule has 0 aromatic heterocycles. The second kappa shape index (κ2) is 7.05. The molecule has 2 aromatic rings. The van der Waals surface area contributed by atoms with E-state index in [1.165, 1.54) is 6.08 Å². The van der Waals surface area contributed by atoms with Gasteiger partial charge < -0.3 is 10.1 Å². The maximum absolute atomic E-state index is 11.8. The van der Waals surface area contributed by atoms with E-state index in [1.54, 1.807) is 37.5 Å². The Labute approximate surface area is 123 Å². The Kier molecular flexibility index (Phi) is 4.88. The van der Waals surface area contributed by atoms with Gasteiger partial charge in [-0.25, -0.2) is 0 Å². The predicted octanol–water partition coefficient (Wildman–Crippen LogP) is 3.16. The van der Waals surface area contributed by atoms with Crippen molar-refractivity contribution in [2.24, 2.45) is 0 Å². The summed E-state index contributed by atoms with van der Waals surface area (Å²) in [5, 5.41) is 2.67. The summed E-state index contributed by atoms with van der Waals surface area (Å²) >= 11 is 0. The van der Waals surface area contributed by atoms with E-state index >= 15 is 0 Å². The Morgan fingerprint density at radius 2 is 1.81 bits per heavy atom. The average molecular weight is 281 g/mol. The van der Waals surface area contributed by atoms with Crippen LogP contribution in [0.2, 0.25) is 0 Å². The number of hydrogen-bond acceptors (Lipinski definition) is 3. The van der Waals surface area contributed by atoms with Crippen LogP contribution in [0, 0.1) is 0 Å². The molecule has 4 nitrogen and oxygen atoms in total. The van der Waals surface area contributed by atoms with Crippen LogP contribution in [0.5, 0.6) is 5.75 Å². The molecule has 0 unspecified atom stereocenters. The lowest BCUT2D eigenvalue weighted by Gasteiger charge is -2.04. The first-order valence-electron chi connectivity index (χ1n) is 6.40. The first-order valence-corrected chi connectivity index (χ1v) is 6.40. The van der Waals surface area contributed by atoms with E-state index in [0.29, 0.717) is 17.5 Å². The van der Waals surface area contributed by atoms with Gasteiger partial charge in [0.15, 0.2) is 6.29 Å². The molecule has 0 bridgehead atoms. The summed E-state index contributed by atoms with van der Waals surface area (Å²) in [5.74, 6) is 0.469. The number of benzene rings is 2. The zero-order chi connectivity index (χ0) is 15.1. The Bertz CT molecular complexity index is 660. The largest absolute Gasteiger partial charge is 0.497 e. The van der Waals surface area contributed by atoms with Crippen LogP contribution >= 0.6 is 0 Å². The number of para-hydroxylation sites is 1. The van der Waals surface area contributed by atoms with Crippen molar-refractivity contribution < 1.29 is 14.3 Å². The molecule has 106 valence electrons. The molecule has 0 atom stereocenters. The van der Waals surface area contributed by atoms with Gasteiger partial charge in [0, 0.05) is 11.6 Å². The van der Waals surface area contributed by atoms with Gasteiger partial charge in [0.05, 0.1) is 12.8 Å². The average Bonchev–Trinajstić information content (AvgIpc) is 2.54. The van der Waals surface area contributed by atoms with Crippen molar-refractivity contribution >= 4 is 24.0 Å². The third-order valence-corrected chi connectivity index (χ3v) is 2.89. The number of rotatable bonds is 5. The fraction of sp³-hybridized carbons (Fsp3) is 0.0588. The number of carbonyl (C=O) groups is 2. The SMILES string of the molecule is COc1ccc(/C=C/C(=O)Nc2ccccc2C=O)cc1. The van der Waals surface area contributed by atoms with Gasteiger partial charge in [-0.2, -0.15) is 0 Å². The molecular weight excluding hydrogens is 266 g/mol. The first-order chi connectivity index (χ1) is 10.2. The van der Waals surface area contributed by atoms with E-state index in [9.17, 15) is 9.59 Å². The molecule has 0 aliphatic carbocycles. The summed E-state index contributed by atoms with van der Waals surface area (Å²) in [7, 11) is 1.60. The third-order valence-electron chi connectivity index (χ3n) is 2.89. The van der Waals surface area contributed by atoms with Crippen molar-refractivity contribution in [1.82, 2.24) is 0 Å². The van der Waals surface area contributed by atoms with E-state index in [2.05, 4.69) is 5.32 Å². The third kappa shape index (κ3) is 4.04.